The number of halogens is 1. The summed E-state index contributed by atoms with van der Waals surface area (Å²) in [5.74, 6) is 0. The Hall–Kier alpha value is 1.16. The molecule has 0 spiro atoms. The van der Waals surface area contributed by atoms with Gasteiger partial charge in [-0.1, -0.05) is 0 Å². The summed E-state index contributed by atoms with van der Waals surface area (Å²) < 4.78 is -1.21. The molecule has 0 saturated heterocycles. The van der Waals surface area contributed by atoms with Gasteiger partial charge in [0.15, 0.2) is 0 Å². The summed E-state index contributed by atoms with van der Waals surface area (Å²) >= 11 is 2.63. The van der Waals surface area contributed by atoms with Gasteiger partial charge in [-0.25, -0.2) is 0 Å². The van der Waals surface area contributed by atoms with E-state index in [0.29, 0.717) is 0 Å². The molecule has 0 radical (unpaired) electrons. The first-order valence-electron chi connectivity index (χ1n) is 2.92. The van der Waals surface area contributed by atoms with Gasteiger partial charge in [0.25, 0.3) is 0 Å². The average molecular weight is 246 g/mol. The van der Waals surface area contributed by atoms with E-state index in [2.05, 4.69) is 55.9 Å². The average Bonchev–Trinajstić information content (AvgIpc) is 1.27. The second-order valence-electron chi connectivity index (χ2n) is 3.81. The van der Waals surface area contributed by atoms with Gasteiger partial charge >= 0.3 is 65.8 Å². The van der Waals surface area contributed by atoms with Crippen LogP contribution in [0.15, 0.2) is 0 Å². The van der Waals surface area contributed by atoms with E-state index >= 15 is 0 Å². The Morgan fingerprint density at radius 3 is 1.25 bits per heavy atom. The number of hydrogen-bond donors (Lipinski definition) is 0. The minimum atomic E-state index is -1.21. The van der Waals surface area contributed by atoms with Crippen LogP contribution in [-0.2, 0) is 0 Å². The fourth-order valence-electron chi connectivity index (χ4n) is 0. The van der Waals surface area contributed by atoms with Gasteiger partial charge in [-0.15, -0.1) is 0 Å². The van der Waals surface area contributed by atoms with Crippen LogP contribution in [0.3, 0.4) is 0 Å². The van der Waals surface area contributed by atoms with E-state index in [9.17, 15) is 0 Å². The monoisotopic (exact) mass is 246 g/mol. The summed E-state index contributed by atoms with van der Waals surface area (Å²) in [7, 11) is 0. The van der Waals surface area contributed by atoms with Gasteiger partial charge < -0.3 is 0 Å². The zero-order valence-corrected chi connectivity index (χ0v) is 9.45. The molecule has 0 aliphatic carbocycles. The molecule has 0 bridgehead atoms. The zero-order chi connectivity index (χ0) is 7.02. The molecule has 0 aromatic carbocycles. The van der Waals surface area contributed by atoms with Crippen molar-refractivity contribution in [2.75, 3.05) is 20.0 Å². The van der Waals surface area contributed by atoms with E-state index in [1.165, 1.54) is 0 Å². The van der Waals surface area contributed by atoms with Crippen molar-refractivity contribution in [3.05, 3.63) is 0 Å². The maximum atomic E-state index is 2.63. The molecule has 0 N–H and O–H groups in total. The van der Waals surface area contributed by atoms with Gasteiger partial charge in [0.1, 0.15) is 0 Å². The fourth-order valence-corrected chi connectivity index (χ4v) is 0. The predicted molar refractivity (Wildman–Crippen MR) is 53.8 cm³/mol. The fraction of sp³-hybridized carbons (Fsp3) is 1.00. The third-order valence-electron chi connectivity index (χ3n) is 1.74. The predicted octanol–water partition coefficient (Wildman–Crippen LogP) is 3.19. The van der Waals surface area contributed by atoms with E-state index in [4.69, 9.17) is 0 Å². The van der Waals surface area contributed by atoms with Gasteiger partial charge in [-0.05, 0) is 0 Å². The first-order chi connectivity index (χ1) is 3.20. The van der Waals surface area contributed by atoms with Crippen LogP contribution in [0.4, 0.5) is 0 Å². The molecular formula is C6H16IP. The van der Waals surface area contributed by atoms with E-state index in [0.717, 1.165) is 5.66 Å². The molecular weight excluding hydrogens is 230 g/mol. The molecule has 0 aliphatic rings. The van der Waals surface area contributed by atoms with Crippen molar-refractivity contribution in [1.29, 1.82) is 0 Å². The standard InChI is InChI=1S/C6H16IP/c1-6(2)8(3,4,5)7/h6H,1-5H3. The van der Waals surface area contributed by atoms with Crippen LogP contribution in [0, 0.1) is 0 Å². The first-order valence-corrected chi connectivity index (χ1v) is 9.36. The topological polar surface area (TPSA) is 0 Å². The summed E-state index contributed by atoms with van der Waals surface area (Å²) in [4.78, 5) is 0. The summed E-state index contributed by atoms with van der Waals surface area (Å²) in [5.41, 5.74) is 0.863. The van der Waals surface area contributed by atoms with Crippen molar-refractivity contribution in [3.63, 3.8) is 0 Å². The van der Waals surface area contributed by atoms with Crippen LogP contribution < -0.4 is 0 Å². The molecule has 2 heteroatoms. The summed E-state index contributed by atoms with van der Waals surface area (Å²) in [5, 5.41) is 0. The van der Waals surface area contributed by atoms with Crippen LogP contribution in [0.5, 0.6) is 0 Å². The van der Waals surface area contributed by atoms with E-state index in [1.54, 1.807) is 0 Å². The third kappa shape index (κ3) is 3.24. The molecule has 0 fully saturated rings. The molecule has 0 heterocycles. The Bertz CT molecular complexity index is 79.2. The normalized spacial score (nSPS) is 18.1. The molecule has 52 valence electrons. The van der Waals surface area contributed by atoms with Gasteiger partial charge in [0.2, 0.25) is 0 Å². The molecule has 0 unspecified atom stereocenters. The SMILES string of the molecule is CC(C)P(C)(C)(C)I. The molecule has 0 nitrogen and oxygen atoms in total. The van der Waals surface area contributed by atoms with Crippen molar-refractivity contribution in [2.45, 2.75) is 19.5 Å². The van der Waals surface area contributed by atoms with Crippen LogP contribution in [0.25, 0.3) is 0 Å². The molecule has 0 aromatic rings. The zero-order valence-electron chi connectivity index (χ0n) is 6.40. The van der Waals surface area contributed by atoms with Crippen molar-refractivity contribution in [2.24, 2.45) is 0 Å². The summed E-state index contributed by atoms with van der Waals surface area (Å²) in [6.07, 6.45) is 0. The van der Waals surface area contributed by atoms with Gasteiger partial charge in [0.05, 0.1) is 0 Å². The Labute approximate surface area is 65.8 Å². The number of rotatable bonds is 1. The second-order valence-corrected chi connectivity index (χ2v) is 20.6. The van der Waals surface area contributed by atoms with E-state index in [-0.39, 0.29) is 0 Å². The first kappa shape index (κ1) is 9.16. The Morgan fingerprint density at radius 1 is 1.12 bits per heavy atom. The van der Waals surface area contributed by atoms with E-state index in [1.807, 2.05) is 0 Å². The van der Waals surface area contributed by atoms with Gasteiger partial charge in [-0.2, -0.15) is 0 Å². The van der Waals surface area contributed by atoms with Crippen LogP contribution >= 0.6 is 26.3 Å². The minimum absolute atomic E-state index is 0.863. The second kappa shape index (κ2) is 2.09. The van der Waals surface area contributed by atoms with Crippen molar-refractivity contribution >= 4 is 26.3 Å². The van der Waals surface area contributed by atoms with Gasteiger partial charge in [0, 0.05) is 0 Å². The number of hydrogen-bond acceptors (Lipinski definition) is 0. The maximum absolute atomic E-state index is 2.63. The molecule has 8 heavy (non-hydrogen) atoms. The molecule has 0 atom stereocenters. The van der Waals surface area contributed by atoms with Crippen molar-refractivity contribution in [1.82, 2.24) is 0 Å². The third-order valence-corrected chi connectivity index (χ3v) is 8.58. The summed E-state index contributed by atoms with van der Waals surface area (Å²) in [6.45, 7) is 11.8. The Kier molecular flexibility index (Phi) is 2.39. The molecule has 0 aliphatic heterocycles. The molecule has 0 rings (SSSR count). The quantitative estimate of drug-likeness (QED) is 0.492. The van der Waals surface area contributed by atoms with Crippen molar-refractivity contribution in [3.8, 4) is 0 Å². The Morgan fingerprint density at radius 2 is 1.25 bits per heavy atom. The van der Waals surface area contributed by atoms with E-state index < -0.39 is 4.25 Å². The molecule has 0 saturated carbocycles. The molecule has 0 amide bonds. The Balaban J connectivity index is 4.14. The molecule has 0 aromatic heterocycles. The van der Waals surface area contributed by atoms with Gasteiger partial charge in [-0.3, -0.25) is 0 Å². The van der Waals surface area contributed by atoms with Crippen LogP contribution in [0.1, 0.15) is 13.8 Å². The summed E-state index contributed by atoms with van der Waals surface area (Å²) in [6, 6.07) is 0. The van der Waals surface area contributed by atoms with Crippen LogP contribution in [0.2, 0.25) is 0 Å². The van der Waals surface area contributed by atoms with Crippen LogP contribution in [-0.4, -0.2) is 25.7 Å². The van der Waals surface area contributed by atoms with Crippen molar-refractivity contribution < 1.29 is 0 Å².